The lowest BCUT2D eigenvalue weighted by molar-refractivity contribution is -0.129. The predicted molar refractivity (Wildman–Crippen MR) is 121 cm³/mol. The van der Waals surface area contributed by atoms with Crippen LogP contribution in [-0.4, -0.2) is 44.3 Å². The molecule has 0 atom stereocenters. The number of aromatic nitrogens is 2. The summed E-state index contributed by atoms with van der Waals surface area (Å²) < 4.78 is 1.55. The minimum absolute atomic E-state index is 0.0511. The molecule has 1 aliphatic rings. The number of hydrogen-bond donors (Lipinski definition) is 1. The van der Waals surface area contributed by atoms with Crippen LogP contribution in [0.2, 0.25) is 0 Å². The topological polar surface area (TPSA) is 75.4 Å². The second kappa shape index (κ2) is 10.2. The van der Waals surface area contributed by atoms with Crippen molar-refractivity contribution in [2.45, 2.75) is 64.5 Å². The van der Waals surface area contributed by atoms with Gasteiger partial charge in [-0.1, -0.05) is 31.2 Å². The molecule has 1 aromatic carbocycles. The fourth-order valence-electron chi connectivity index (χ4n) is 3.65. The van der Waals surface area contributed by atoms with Crippen molar-refractivity contribution >= 4 is 17.7 Å². The molecule has 0 saturated carbocycles. The van der Waals surface area contributed by atoms with E-state index < -0.39 is 0 Å². The maximum Gasteiger partial charge on any atom is 0.265 e. The summed E-state index contributed by atoms with van der Waals surface area (Å²) in [5.74, 6) is 0.0296. The molecule has 1 amide bonds. The first-order valence-corrected chi connectivity index (χ1v) is 11.7. The Morgan fingerprint density at radius 2 is 1.90 bits per heavy atom. The predicted octanol–water partition coefficient (Wildman–Crippen LogP) is 4.00. The standard InChI is InChI=1S/C23H31N3O3S/c1-4-5-9-19-21(28)24-23(30-15-20(27)25-12-7-6-8-13-25)26(22(19)29)18-11-10-16(2)17(3)14-18/h10-11,14,28H,4-9,12-13,15H2,1-3H3. The first-order chi connectivity index (χ1) is 14.4. The van der Waals surface area contributed by atoms with Crippen molar-refractivity contribution < 1.29 is 9.90 Å². The molecule has 1 aliphatic heterocycles. The number of rotatable bonds is 7. The lowest BCUT2D eigenvalue weighted by atomic mass is 10.1. The summed E-state index contributed by atoms with van der Waals surface area (Å²) >= 11 is 1.22. The lowest BCUT2D eigenvalue weighted by Gasteiger charge is -2.26. The number of thioether (sulfide) groups is 1. The average Bonchev–Trinajstić information content (AvgIpc) is 2.74. The number of aromatic hydroxyl groups is 1. The lowest BCUT2D eigenvalue weighted by Crippen LogP contribution is -2.37. The van der Waals surface area contributed by atoms with Crippen molar-refractivity contribution in [1.82, 2.24) is 14.5 Å². The molecular weight excluding hydrogens is 398 g/mol. The Bertz CT molecular complexity index is 965. The second-order valence-corrected chi connectivity index (χ2v) is 8.88. The van der Waals surface area contributed by atoms with Gasteiger partial charge >= 0.3 is 0 Å². The molecule has 0 aliphatic carbocycles. The number of amides is 1. The van der Waals surface area contributed by atoms with Gasteiger partial charge in [-0.05, 0) is 69.2 Å². The third kappa shape index (κ3) is 5.06. The number of likely N-dealkylation sites (tertiary alicyclic amines) is 1. The van der Waals surface area contributed by atoms with Crippen LogP contribution in [-0.2, 0) is 11.2 Å². The van der Waals surface area contributed by atoms with Crippen LogP contribution in [0.1, 0.15) is 55.7 Å². The SMILES string of the molecule is CCCCc1c(O)nc(SCC(=O)N2CCCCC2)n(-c2ccc(C)c(C)c2)c1=O. The van der Waals surface area contributed by atoms with E-state index in [0.29, 0.717) is 22.8 Å². The highest BCUT2D eigenvalue weighted by Gasteiger charge is 2.21. The summed E-state index contributed by atoms with van der Waals surface area (Å²) in [7, 11) is 0. The largest absolute Gasteiger partial charge is 0.493 e. The number of hydrogen-bond acceptors (Lipinski definition) is 5. The Kier molecular flexibility index (Phi) is 7.58. The van der Waals surface area contributed by atoms with Crippen LogP contribution in [0.3, 0.4) is 0 Å². The Labute approximate surface area is 182 Å². The highest BCUT2D eigenvalue weighted by Crippen LogP contribution is 2.25. The summed E-state index contributed by atoms with van der Waals surface area (Å²) in [4.78, 5) is 32.2. The highest BCUT2D eigenvalue weighted by atomic mass is 32.2. The Morgan fingerprint density at radius 3 is 2.57 bits per heavy atom. The van der Waals surface area contributed by atoms with Gasteiger partial charge in [0.25, 0.3) is 5.56 Å². The van der Waals surface area contributed by atoms with E-state index in [4.69, 9.17) is 0 Å². The van der Waals surface area contributed by atoms with Gasteiger partial charge in [-0.3, -0.25) is 14.2 Å². The van der Waals surface area contributed by atoms with E-state index in [-0.39, 0.29) is 23.1 Å². The first-order valence-electron chi connectivity index (χ1n) is 10.8. The minimum Gasteiger partial charge on any atom is -0.493 e. The summed E-state index contributed by atoms with van der Waals surface area (Å²) in [6, 6.07) is 5.82. The zero-order valence-electron chi connectivity index (χ0n) is 18.1. The summed E-state index contributed by atoms with van der Waals surface area (Å²) in [6.45, 7) is 7.65. The molecule has 6 nitrogen and oxygen atoms in total. The minimum atomic E-state index is -0.257. The number of carbonyl (C=O) groups is 1. The molecule has 2 aromatic rings. The first kappa shape index (κ1) is 22.4. The van der Waals surface area contributed by atoms with Crippen molar-refractivity contribution in [3.05, 3.63) is 45.2 Å². The van der Waals surface area contributed by atoms with Gasteiger partial charge in [-0.25, -0.2) is 0 Å². The van der Waals surface area contributed by atoms with Gasteiger partial charge in [0.2, 0.25) is 11.8 Å². The van der Waals surface area contributed by atoms with E-state index in [2.05, 4.69) is 4.98 Å². The normalized spacial score (nSPS) is 14.2. The van der Waals surface area contributed by atoms with Crippen molar-refractivity contribution in [2.75, 3.05) is 18.8 Å². The van der Waals surface area contributed by atoms with Crippen LogP contribution in [0.25, 0.3) is 5.69 Å². The molecule has 2 heterocycles. The van der Waals surface area contributed by atoms with Crippen LogP contribution < -0.4 is 5.56 Å². The highest BCUT2D eigenvalue weighted by molar-refractivity contribution is 7.99. The van der Waals surface area contributed by atoms with Gasteiger partial charge in [0.05, 0.1) is 17.0 Å². The van der Waals surface area contributed by atoms with E-state index in [1.165, 1.54) is 11.8 Å². The molecule has 1 N–H and O–H groups in total. The fourth-order valence-corrected chi connectivity index (χ4v) is 4.55. The Morgan fingerprint density at radius 1 is 1.17 bits per heavy atom. The van der Waals surface area contributed by atoms with Crippen molar-refractivity contribution in [3.8, 4) is 11.6 Å². The van der Waals surface area contributed by atoms with Gasteiger partial charge < -0.3 is 10.0 Å². The van der Waals surface area contributed by atoms with E-state index in [1.807, 2.05) is 43.9 Å². The third-order valence-electron chi connectivity index (χ3n) is 5.69. The van der Waals surface area contributed by atoms with Gasteiger partial charge in [-0.2, -0.15) is 4.98 Å². The third-order valence-corrected chi connectivity index (χ3v) is 6.61. The van der Waals surface area contributed by atoms with Crippen LogP contribution >= 0.6 is 11.8 Å². The molecule has 1 saturated heterocycles. The average molecular weight is 430 g/mol. The number of aryl methyl sites for hydroxylation is 2. The van der Waals surface area contributed by atoms with Gasteiger partial charge in [0.1, 0.15) is 0 Å². The van der Waals surface area contributed by atoms with Crippen LogP contribution in [0.4, 0.5) is 0 Å². The quantitative estimate of drug-likeness (QED) is 0.532. The monoisotopic (exact) mass is 429 g/mol. The Hall–Kier alpha value is -2.28. The zero-order valence-corrected chi connectivity index (χ0v) is 18.9. The molecule has 0 radical (unpaired) electrons. The van der Waals surface area contributed by atoms with E-state index in [0.717, 1.165) is 56.3 Å². The number of carbonyl (C=O) groups excluding carboxylic acids is 1. The van der Waals surface area contributed by atoms with Crippen LogP contribution in [0, 0.1) is 13.8 Å². The van der Waals surface area contributed by atoms with Crippen LogP contribution in [0.5, 0.6) is 5.88 Å². The number of nitrogens with zero attached hydrogens (tertiary/aromatic N) is 3. The molecule has 1 aromatic heterocycles. The molecular formula is C23H31N3O3S. The van der Waals surface area contributed by atoms with Crippen molar-refractivity contribution in [2.24, 2.45) is 0 Å². The van der Waals surface area contributed by atoms with Crippen LogP contribution in [0.15, 0.2) is 28.2 Å². The van der Waals surface area contributed by atoms with Gasteiger partial charge in [-0.15, -0.1) is 0 Å². The maximum absolute atomic E-state index is 13.3. The zero-order chi connectivity index (χ0) is 21.7. The summed E-state index contributed by atoms with van der Waals surface area (Å²) in [6.07, 6.45) is 5.44. The molecule has 0 bridgehead atoms. The fraction of sp³-hybridized carbons (Fsp3) is 0.522. The number of piperidine rings is 1. The van der Waals surface area contributed by atoms with E-state index in [1.54, 1.807) is 4.57 Å². The maximum atomic E-state index is 13.3. The number of benzene rings is 1. The summed E-state index contributed by atoms with van der Waals surface area (Å²) in [5, 5.41) is 10.8. The molecule has 0 unspecified atom stereocenters. The van der Waals surface area contributed by atoms with Crippen molar-refractivity contribution in [1.29, 1.82) is 0 Å². The second-order valence-electron chi connectivity index (χ2n) is 7.94. The Balaban J connectivity index is 1.97. The molecule has 30 heavy (non-hydrogen) atoms. The molecule has 1 fully saturated rings. The molecule has 0 spiro atoms. The van der Waals surface area contributed by atoms with Crippen molar-refractivity contribution in [3.63, 3.8) is 0 Å². The van der Waals surface area contributed by atoms with E-state index >= 15 is 0 Å². The van der Waals surface area contributed by atoms with E-state index in [9.17, 15) is 14.7 Å². The smallest absolute Gasteiger partial charge is 0.265 e. The van der Waals surface area contributed by atoms with Gasteiger partial charge in [0.15, 0.2) is 5.16 Å². The molecule has 162 valence electrons. The molecule has 3 rings (SSSR count). The van der Waals surface area contributed by atoms with Gasteiger partial charge in [0, 0.05) is 13.1 Å². The number of unbranched alkanes of at least 4 members (excludes halogenated alkanes) is 1. The summed E-state index contributed by atoms with van der Waals surface area (Å²) in [5.41, 5.74) is 3.00. The molecule has 7 heteroatoms.